The SMILES string of the molecule is CCOc1cc(/C=C\C(=O)Oc2ccc(NC(C)=O)cc2)cc(Cl)c1OC. The Morgan fingerprint density at radius 3 is 2.48 bits per heavy atom. The van der Waals surface area contributed by atoms with Crippen LogP contribution in [0.3, 0.4) is 0 Å². The molecule has 0 saturated carbocycles. The first-order valence-corrected chi connectivity index (χ1v) is 8.58. The van der Waals surface area contributed by atoms with Gasteiger partial charge in [-0.3, -0.25) is 4.79 Å². The van der Waals surface area contributed by atoms with Gasteiger partial charge in [-0.25, -0.2) is 4.79 Å². The molecule has 1 N–H and O–H groups in total. The fourth-order valence-electron chi connectivity index (χ4n) is 2.27. The molecule has 2 aromatic rings. The molecule has 0 aromatic heterocycles. The van der Waals surface area contributed by atoms with Crippen molar-refractivity contribution in [1.29, 1.82) is 0 Å². The molecule has 0 bridgehead atoms. The number of halogens is 1. The second-order valence-electron chi connectivity index (χ2n) is 5.43. The quantitative estimate of drug-likeness (QED) is 0.433. The van der Waals surface area contributed by atoms with Crippen LogP contribution in [-0.2, 0) is 9.59 Å². The van der Waals surface area contributed by atoms with Gasteiger partial charge in [0.1, 0.15) is 5.75 Å². The van der Waals surface area contributed by atoms with E-state index in [1.165, 1.54) is 20.1 Å². The Labute approximate surface area is 162 Å². The van der Waals surface area contributed by atoms with Crippen LogP contribution in [0.15, 0.2) is 42.5 Å². The zero-order valence-corrected chi connectivity index (χ0v) is 16.0. The van der Waals surface area contributed by atoms with Crippen molar-refractivity contribution in [3.05, 3.63) is 53.1 Å². The lowest BCUT2D eigenvalue weighted by atomic mass is 10.2. The molecule has 0 aliphatic heterocycles. The summed E-state index contributed by atoms with van der Waals surface area (Å²) in [6.07, 6.45) is 2.86. The van der Waals surface area contributed by atoms with Gasteiger partial charge in [-0.2, -0.15) is 0 Å². The van der Waals surface area contributed by atoms with Crippen LogP contribution in [0.25, 0.3) is 6.08 Å². The number of hydrogen-bond acceptors (Lipinski definition) is 5. The topological polar surface area (TPSA) is 73.9 Å². The van der Waals surface area contributed by atoms with Gasteiger partial charge in [-0.15, -0.1) is 0 Å². The molecule has 0 saturated heterocycles. The molecular weight excluding hydrogens is 370 g/mol. The molecule has 0 spiro atoms. The third-order valence-electron chi connectivity index (χ3n) is 3.34. The number of amides is 1. The molecule has 0 aliphatic carbocycles. The minimum absolute atomic E-state index is 0.174. The predicted octanol–water partition coefficient (Wildman–Crippen LogP) is 4.32. The third kappa shape index (κ3) is 6.04. The zero-order chi connectivity index (χ0) is 19.8. The summed E-state index contributed by atoms with van der Waals surface area (Å²) in [6, 6.07) is 9.86. The first kappa shape index (κ1) is 20.3. The van der Waals surface area contributed by atoms with Crippen molar-refractivity contribution in [2.75, 3.05) is 19.0 Å². The maximum atomic E-state index is 12.0. The molecule has 0 aliphatic rings. The van der Waals surface area contributed by atoms with E-state index in [4.69, 9.17) is 25.8 Å². The van der Waals surface area contributed by atoms with E-state index in [-0.39, 0.29) is 5.91 Å². The molecule has 2 aromatic carbocycles. The van der Waals surface area contributed by atoms with Gasteiger partial charge in [0.2, 0.25) is 5.91 Å². The van der Waals surface area contributed by atoms with E-state index in [1.807, 2.05) is 6.92 Å². The Morgan fingerprint density at radius 1 is 1.19 bits per heavy atom. The smallest absolute Gasteiger partial charge is 0.336 e. The van der Waals surface area contributed by atoms with Gasteiger partial charge >= 0.3 is 5.97 Å². The van der Waals surface area contributed by atoms with Crippen molar-refractivity contribution in [2.45, 2.75) is 13.8 Å². The average Bonchev–Trinajstić information content (AvgIpc) is 2.61. The lowest BCUT2D eigenvalue weighted by Gasteiger charge is -2.11. The number of hydrogen-bond donors (Lipinski definition) is 1. The third-order valence-corrected chi connectivity index (χ3v) is 3.62. The Hall–Kier alpha value is -2.99. The summed E-state index contributed by atoms with van der Waals surface area (Å²) in [5.41, 5.74) is 1.29. The summed E-state index contributed by atoms with van der Waals surface area (Å²) >= 11 is 6.18. The van der Waals surface area contributed by atoms with Crippen molar-refractivity contribution in [3.63, 3.8) is 0 Å². The number of nitrogens with one attached hydrogen (secondary N) is 1. The number of esters is 1. The summed E-state index contributed by atoms with van der Waals surface area (Å²) < 4.78 is 15.9. The van der Waals surface area contributed by atoms with Gasteiger partial charge in [0.05, 0.1) is 18.7 Å². The Balaban J connectivity index is 2.06. The largest absolute Gasteiger partial charge is 0.491 e. The van der Waals surface area contributed by atoms with Crippen molar-refractivity contribution in [2.24, 2.45) is 0 Å². The van der Waals surface area contributed by atoms with Gasteiger partial charge in [0.25, 0.3) is 0 Å². The summed E-state index contributed by atoms with van der Waals surface area (Å²) in [4.78, 5) is 23.0. The molecule has 0 fully saturated rings. The normalized spacial score (nSPS) is 10.5. The van der Waals surface area contributed by atoms with Gasteiger partial charge in [-0.05, 0) is 55.0 Å². The fourth-order valence-corrected chi connectivity index (χ4v) is 2.57. The number of anilines is 1. The van der Waals surface area contributed by atoms with E-state index in [9.17, 15) is 9.59 Å². The van der Waals surface area contributed by atoms with Gasteiger partial charge in [0.15, 0.2) is 11.5 Å². The monoisotopic (exact) mass is 389 g/mol. The van der Waals surface area contributed by atoms with Crippen molar-refractivity contribution < 1.29 is 23.8 Å². The number of benzene rings is 2. The molecule has 1 amide bonds. The number of methoxy groups -OCH3 is 1. The molecular formula is C20H20ClNO5. The van der Waals surface area contributed by atoms with Crippen LogP contribution >= 0.6 is 11.6 Å². The summed E-state index contributed by atoms with van der Waals surface area (Å²) in [5, 5.41) is 3.01. The fraction of sp³-hybridized carbons (Fsp3) is 0.200. The lowest BCUT2D eigenvalue weighted by Crippen LogP contribution is -2.06. The molecule has 142 valence electrons. The average molecular weight is 390 g/mol. The second-order valence-corrected chi connectivity index (χ2v) is 5.83. The second kappa shape index (κ2) is 9.64. The number of carbonyl (C=O) groups is 2. The van der Waals surface area contributed by atoms with Crippen LogP contribution in [-0.4, -0.2) is 25.6 Å². The van der Waals surface area contributed by atoms with E-state index >= 15 is 0 Å². The Morgan fingerprint density at radius 2 is 1.89 bits per heavy atom. The maximum Gasteiger partial charge on any atom is 0.336 e. The molecule has 2 rings (SSSR count). The Kier molecular flexibility index (Phi) is 7.25. The zero-order valence-electron chi connectivity index (χ0n) is 15.2. The van der Waals surface area contributed by atoms with Gasteiger partial charge in [0, 0.05) is 18.7 Å². The molecule has 7 heteroatoms. The van der Waals surface area contributed by atoms with Crippen LogP contribution in [0.5, 0.6) is 17.2 Å². The molecule has 0 heterocycles. The van der Waals surface area contributed by atoms with Crippen LogP contribution in [0.4, 0.5) is 5.69 Å². The number of carbonyl (C=O) groups excluding carboxylic acids is 2. The van der Waals surface area contributed by atoms with E-state index in [0.29, 0.717) is 40.1 Å². The minimum atomic E-state index is -0.549. The Bertz CT molecular complexity index is 846. The summed E-state index contributed by atoms with van der Waals surface area (Å²) in [6.45, 7) is 3.72. The number of ether oxygens (including phenoxy) is 3. The van der Waals surface area contributed by atoms with E-state index in [1.54, 1.807) is 42.5 Å². The molecule has 27 heavy (non-hydrogen) atoms. The highest BCUT2D eigenvalue weighted by Crippen LogP contribution is 2.36. The summed E-state index contributed by atoms with van der Waals surface area (Å²) in [5.74, 6) is 0.576. The van der Waals surface area contributed by atoms with Gasteiger partial charge in [-0.1, -0.05) is 11.6 Å². The van der Waals surface area contributed by atoms with Crippen molar-refractivity contribution >= 4 is 35.2 Å². The van der Waals surface area contributed by atoms with Crippen molar-refractivity contribution in [1.82, 2.24) is 0 Å². The van der Waals surface area contributed by atoms with Crippen LogP contribution in [0.1, 0.15) is 19.4 Å². The predicted molar refractivity (Wildman–Crippen MR) is 105 cm³/mol. The van der Waals surface area contributed by atoms with Crippen LogP contribution in [0, 0.1) is 0 Å². The van der Waals surface area contributed by atoms with Crippen LogP contribution in [0.2, 0.25) is 5.02 Å². The maximum absolute atomic E-state index is 12.0. The van der Waals surface area contributed by atoms with E-state index in [0.717, 1.165) is 0 Å². The first-order chi connectivity index (χ1) is 12.9. The van der Waals surface area contributed by atoms with E-state index in [2.05, 4.69) is 5.32 Å². The number of rotatable bonds is 7. The minimum Gasteiger partial charge on any atom is -0.491 e. The van der Waals surface area contributed by atoms with Gasteiger partial charge < -0.3 is 19.5 Å². The first-order valence-electron chi connectivity index (χ1n) is 8.20. The lowest BCUT2D eigenvalue weighted by molar-refractivity contribution is -0.128. The molecule has 0 radical (unpaired) electrons. The van der Waals surface area contributed by atoms with E-state index < -0.39 is 5.97 Å². The molecule has 0 atom stereocenters. The highest BCUT2D eigenvalue weighted by Gasteiger charge is 2.11. The standard InChI is InChI=1S/C20H20ClNO5/c1-4-26-18-12-14(11-17(21)20(18)25-3)5-10-19(24)27-16-8-6-15(7-9-16)22-13(2)23/h5-12H,4H2,1-3H3,(H,22,23)/b10-5-. The van der Waals surface area contributed by atoms with Crippen molar-refractivity contribution in [3.8, 4) is 17.2 Å². The molecule has 6 nitrogen and oxygen atoms in total. The summed E-state index contributed by atoms with van der Waals surface area (Å²) in [7, 11) is 1.51. The highest BCUT2D eigenvalue weighted by molar-refractivity contribution is 6.32. The highest BCUT2D eigenvalue weighted by atomic mass is 35.5. The van der Waals surface area contributed by atoms with Crippen LogP contribution < -0.4 is 19.5 Å². The molecule has 0 unspecified atom stereocenters.